The fraction of sp³-hybridized carbons (Fsp3) is 0.400. The third-order valence-electron chi connectivity index (χ3n) is 4.16. The highest BCUT2D eigenvalue weighted by molar-refractivity contribution is 7.99. The number of nitrogens with zero attached hydrogens (tertiary/aromatic N) is 2. The summed E-state index contributed by atoms with van der Waals surface area (Å²) in [6, 6.07) is 11.4. The predicted molar refractivity (Wildman–Crippen MR) is 107 cm³/mol. The van der Waals surface area contributed by atoms with E-state index < -0.39 is 0 Å². The van der Waals surface area contributed by atoms with Gasteiger partial charge in [-0.1, -0.05) is 26.0 Å². The number of carbonyl (C=O) groups is 1. The van der Waals surface area contributed by atoms with E-state index in [4.69, 9.17) is 4.74 Å². The number of carbonyl (C=O) groups excluding carboxylic acids is 1. The lowest BCUT2D eigenvalue weighted by molar-refractivity contribution is 0.0950. The second-order valence-electron chi connectivity index (χ2n) is 5.79. The lowest BCUT2D eigenvalue weighted by Gasteiger charge is -2.17. The summed E-state index contributed by atoms with van der Waals surface area (Å²) >= 11 is 1.72. The van der Waals surface area contributed by atoms with Crippen LogP contribution in [0, 0.1) is 0 Å². The van der Waals surface area contributed by atoms with Crippen molar-refractivity contribution in [1.82, 2.24) is 15.2 Å². The van der Waals surface area contributed by atoms with Gasteiger partial charge in [0.2, 0.25) is 0 Å². The summed E-state index contributed by atoms with van der Waals surface area (Å²) in [5.74, 6) is 1.68. The minimum absolute atomic E-state index is 0.118. The second kappa shape index (κ2) is 10.8. The average Bonchev–Trinajstić information content (AvgIpc) is 2.70. The van der Waals surface area contributed by atoms with E-state index in [1.807, 2.05) is 36.4 Å². The van der Waals surface area contributed by atoms with Gasteiger partial charge in [0, 0.05) is 25.0 Å². The number of amides is 1. The molecule has 26 heavy (non-hydrogen) atoms. The molecule has 0 fully saturated rings. The zero-order valence-electron chi connectivity index (χ0n) is 15.7. The molecular formula is C20H27N3O2S. The van der Waals surface area contributed by atoms with Crippen LogP contribution in [-0.4, -0.2) is 48.3 Å². The van der Waals surface area contributed by atoms with E-state index >= 15 is 0 Å². The van der Waals surface area contributed by atoms with Gasteiger partial charge >= 0.3 is 0 Å². The van der Waals surface area contributed by atoms with Crippen LogP contribution in [0.2, 0.25) is 0 Å². The minimum Gasteiger partial charge on any atom is -0.497 e. The molecule has 0 aliphatic rings. The summed E-state index contributed by atoms with van der Waals surface area (Å²) in [6.45, 7) is 8.00. The van der Waals surface area contributed by atoms with Crippen LogP contribution >= 0.6 is 11.8 Å². The summed E-state index contributed by atoms with van der Waals surface area (Å²) in [7, 11) is 1.63. The van der Waals surface area contributed by atoms with Gasteiger partial charge in [-0.05, 0) is 42.9 Å². The van der Waals surface area contributed by atoms with Crippen LogP contribution in [0.3, 0.4) is 0 Å². The first-order valence-electron chi connectivity index (χ1n) is 8.88. The first kappa shape index (κ1) is 20.3. The lowest BCUT2D eigenvalue weighted by atomic mass is 10.2. The Kier molecular flexibility index (Phi) is 8.44. The maximum absolute atomic E-state index is 12.2. The van der Waals surface area contributed by atoms with Gasteiger partial charge in [-0.15, -0.1) is 11.8 Å². The summed E-state index contributed by atoms with van der Waals surface area (Å²) in [5.41, 5.74) is 1.60. The van der Waals surface area contributed by atoms with Crippen LogP contribution in [0.5, 0.6) is 5.75 Å². The van der Waals surface area contributed by atoms with Crippen molar-refractivity contribution in [2.45, 2.75) is 25.4 Å². The molecule has 0 bridgehead atoms. The Morgan fingerprint density at radius 1 is 1.15 bits per heavy atom. The Balaban J connectivity index is 1.80. The highest BCUT2D eigenvalue weighted by Gasteiger charge is 2.07. The van der Waals surface area contributed by atoms with E-state index in [9.17, 15) is 4.79 Å². The molecule has 1 heterocycles. The van der Waals surface area contributed by atoms with Gasteiger partial charge in [-0.25, -0.2) is 4.98 Å². The molecular weight excluding hydrogens is 346 g/mol. The van der Waals surface area contributed by atoms with Gasteiger partial charge < -0.3 is 15.0 Å². The molecule has 0 saturated carbocycles. The van der Waals surface area contributed by atoms with Gasteiger partial charge in [0.15, 0.2) is 0 Å². The summed E-state index contributed by atoms with van der Waals surface area (Å²) < 4.78 is 5.13. The van der Waals surface area contributed by atoms with Crippen molar-refractivity contribution in [2.24, 2.45) is 0 Å². The van der Waals surface area contributed by atoms with Gasteiger partial charge in [-0.2, -0.15) is 0 Å². The van der Waals surface area contributed by atoms with E-state index in [-0.39, 0.29) is 5.91 Å². The molecule has 0 atom stereocenters. The van der Waals surface area contributed by atoms with Crippen LogP contribution in [-0.2, 0) is 6.54 Å². The van der Waals surface area contributed by atoms with Crippen LogP contribution in [0.25, 0.3) is 0 Å². The number of hydrogen-bond donors (Lipinski definition) is 1. The number of benzene rings is 1. The Morgan fingerprint density at radius 2 is 1.88 bits per heavy atom. The number of aromatic nitrogens is 1. The molecule has 2 rings (SSSR count). The SMILES string of the molecule is CCN(CC)CCSc1ccc(C(=O)NCc2ccc(OC)cc2)cn1. The zero-order chi connectivity index (χ0) is 18.8. The van der Waals surface area contributed by atoms with Crippen LogP contribution in [0.15, 0.2) is 47.6 Å². The number of hydrogen-bond acceptors (Lipinski definition) is 5. The number of rotatable bonds is 10. The van der Waals surface area contributed by atoms with Crippen LogP contribution < -0.4 is 10.1 Å². The zero-order valence-corrected chi connectivity index (χ0v) is 16.5. The Labute approximate surface area is 160 Å². The Hall–Kier alpha value is -2.05. The number of pyridine rings is 1. The summed E-state index contributed by atoms with van der Waals surface area (Å²) in [6.07, 6.45) is 1.64. The van der Waals surface area contributed by atoms with Crippen molar-refractivity contribution in [1.29, 1.82) is 0 Å². The molecule has 140 valence electrons. The lowest BCUT2D eigenvalue weighted by Crippen LogP contribution is -2.25. The molecule has 6 heteroatoms. The fourth-order valence-electron chi connectivity index (χ4n) is 2.45. The normalized spacial score (nSPS) is 10.8. The monoisotopic (exact) mass is 373 g/mol. The Bertz CT molecular complexity index is 670. The van der Waals surface area contributed by atoms with Crippen molar-refractivity contribution in [3.05, 3.63) is 53.7 Å². The van der Waals surface area contributed by atoms with Crippen molar-refractivity contribution in [2.75, 3.05) is 32.5 Å². The van der Waals surface area contributed by atoms with E-state index in [2.05, 4.69) is 29.0 Å². The minimum atomic E-state index is -0.118. The number of methoxy groups -OCH3 is 1. The van der Waals surface area contributed by atoms with Gasteiger partial charge in [0.1, 0.15) is 5.75 Å². The quantitative estimate of drug-likeness (QED) is 0.647. The molecule has 0 unspecified atom stereocenters. The second-order valence-corrected chi connectivity index (χ2v) is 6.91. The van der Waals surface area contributed by atoms with Crippen molar-refractivity contribution < 1.29 is 9.53 Å². The third kappa shape index (κ3) is 6.35. The van der Waals surface area contributed by atoms with Crippen LogP contribution in [0.1, 0.15) is 29.8 Å². The largest absolute Gasteiger partial charge is 0.497 e. The van der Waals surface area contributed by atoms with Gasteiger partial charge in [0.05, 0.1) is 17.7 Å². The summed E-state index contributed by atoms with van der Waals surface area (Å²) in [4.78, 5) is 19.0. The highest BCUT2D eigenvalue weighted by Crippen LogP contribution is 2.16. The maximum atomic E-state index is 12.2. The molecule has 0 radical (unpaired) electrons. The predicted octanol–water partition coefficient (Wildman–Crippen LogP) is 3.45. The smallest absolute Gasteiger partial charge is 0.253 e. The molecule has 1 N–H and O–H groups in total. The fourth-order valence-corrected chi connectivity index (χ4v) is 3.30. The standard InChI is InChI=1S/C20H27N3O2S/c1-4-23(5-2)12-13-26-19-11-8-17(15-21-19)20(24)22-14-16-6-9-18(25-3)10-7-16/h6-11,15H,4-5,12-14H2,1-3H3,(H,22,24). The van der Waals surface area contributed by atoms with E-state index in [1.54, 1.807) is 25.1 Å². The number of thioether (sulfide) groups is 1. The Morgan fingerprint density at radius 3 is 2.46 bits per heavy atom. The molecule has 1 amide bonds. The van der Waals surface area contributed by atoms with Crippen molar-refractivity contribution in [3.8, 4) is 5.75 Å². The third-order valence-corrected chi connectivity index (χ3v) is 5.09. The molecule has 0 saturated heterocycles. The van der Waals surface area contributed by atoms with Crippen LogP contribution in [0.4, 0.5) is 0 Å². The first-order valence-corrected chi connectivity index (χ1v) is 9.87. The number of ether oxygens (including phenoxy) is 1. The number of nitrogens with one attached hydrogen (secondary N) is 1. The summed E-state index contributed by atoms with van der Waals surface area (Å²) in [5, 5.41) is 3.86. The molecule has 0 aliphatic heterocycles. The van der Waals surface area contributed by atoms with E-state index in [0.29, 0.717) is 12.1 Å². The van der Waals surface area contributed by atoms with E-state index in [0.717, 1.165) is 41.7 Å². The molecule has 5 nitrogen and oxygen atoms in total. The molecule has 1 aromatic heterocycles. The van der Waals surface area contributed by atoms with E-state index in [1.165, 1.54) is 0 Å². The molecule has 1 aromatic carbocycles. The molecule has 2 aromatic rings. The molecule has 0 spiro atoms. The maximum Gasteiger partial charge on any atom is 0.253 e. The van der Waals surface area contributed by atoms with Crippen molar-refractivity contribution >= 4 is 17.7 Å². The van der Waals surface area contributed by atoms with Crippen molar-refractivity contribution in [3.63, 3.8) is 0 Å². The molecule has 0 aliphatic carbocycles. The first-order chi connectivity index (χ1) is 12.7. The topological polar surface area (TPSA) is 54.5 Å². The highest BCUT2D eigenvalue weighted by atomic mass is 32.2. The average molecular weight is 374 g/mol. The van der Waals surface area contributed by atoms with Gasteiger partial charge in [0.25, 0.3) is 5.91 Å². The van der Waals surface area contributed by atoms with Gasteiger partial charge in [-0.3, -0.25) is 4.79 Å².